The number of aliphatic hydroxyl groups is 1. The van der Waals surface area contributed by atoms with E-state index >= 15 is 0 Å². The number of anilines is 1. The number of ether oxygens (including phenoxy) is 1. The molecule has 1 atom stereocenters. The molecule has 1 amide bonds. The summed E-state index contributed by atoms with van der Waals surface area (Å²) < 4.78 is 5.37. The molecule has 1 aliphatic rings. The predicted octanol–water partition coefficient (Wildman–Crippen LogP) is 4.94. The third kappa shape index (κ3) is 3.48. The van der Waals surface area contributed by atoms with Crippen LogP contribution in [0, 0.1) is 13.8 Å². The molecule has 0 saturated carbocycles. The highest BCUT2D eigenvalue weighted by Crippen LogP contribution is 2.44. The minimum Gasteiger partial charge on any atom is -0.507 e. The van der Waals surface area contributed by atoms with Gasteiger partial charge in [-0.25, -0.2) is 0 Å². The van der Waals surface area contributed by atoms with Crippen LogP contribution in [0.1, 0.15) is 28.3 Å². The van der Waals surface area contributed by atoms with Crippen molar-refractivity contribution in [3.8, 4) is 5.75 Å². The lowest BCUT2D eigenvalue weighted by molar-refractivity contribution is -0.132. The predicted molar refractivity (Wildman–Crippen MR) is 120 cm³/mol. The number of carbonyl (C=O) groups excluding carboxylic acids is 2. The van der Waals surface area contributed by atoms with Crippen LogP contribution < -0.4 is 9.64 Å². The molecule has 0 aliphatic carbocycles. The monoisotopic (exact) mass is 413 g/mol. The Kier molecular flexibility index (Phi) is 5.34. The van der Waals surface area contributed by atoms with Gasteiger partial charge in [0.2, 0.25) is 0 Å². The highest BCUT2D eigenvalue weighted by atomic mass is 16.5. The van der Waals surface area contributed by atoms with Gasteiger partial charge in [-0.1, -0.05) is 54.6 Å². The third-order valence-corrected chi connectivity index (χ3v) is 5.74. The molecule has 1 aliphatic heterocycles. The van der Waals surface area contributed by atoms with Crippen molar-refractivity contribution in [2.24, 2.45) is 0 Å². The first-order chi connectivity index (χ1) is 14.9. The molecule has 0 spiro atoms. The second-order valence-electron chi connectivity index (χ2n) is 7.53. The van der Waals surface area contributed by atoms with Crippen molar-refractivity contribution in [3.63, 3.8) is 0 Å². The van der Waals surface area contributed by atoms with Gasteiger partial charge in [0.15, 0.2) is 0 Å². The van der Waals surface area contributed by atoms with Gasteiger partial charge in [-0.05, 0) is 48.7 Å². The molecule has 0 aromatic heterocycles. The molecule has 1 fully saturated rings. The Balaban J connectivity index is 2.00. The Morgan fingerprint density at radius 1 is 0.935 bits per heavy atom. The van der Waals surface area contributed by atoms with Crippen LogP contribution in [0.25, 0.3) is 5.76 Å². The average molecular weight is 413 g/mol. The summed E-state index contributed by atoms with van der Waals surface area (Å²) in [4.78, 5) is 27.9. The number of hydrogen-bond donors (Lipinski definition) is 1. The van der Waals surface area contributed by atoms with Crippen molar-refractivity contribution in [1.29, 1.82) is 0 Å². The summed E-state index contributed by atoms with van der Waals surface area (Å²) in [6, 6.07) is 20.9. The van der Waals surface area contributed by atoms with Crippen molar-refractivity contribution in [2.75, 3.05) is 12.0 Å². The highest BCUT2D eigenvalue weighted by Gasteiger charge is 2.47. The van der Waals surface area contributed by atoms with E-state index in [1.165, 1.54) is 4.90 Å². The number of methoxy groups -OCH3 is 1. The Morgan fingerprint density at radius 2 is 1.65 bits per heavy atom. The summed E-state index contributed by atoms with van der Waals surface area (Å²) in [7, 11) is 1.56. The van der Waals surface area contributed by atoms with Crippen molar-refractivity contribution < 1.29 is 19.4 Å². The summed E-state index contributed by atoms with van der Waals surface area (Å²) in [5, 5.41) is 11.1. The maximum atomic E-state index is 13.3. The molecule has 3 aromatic carbocycles. The highest BCUT2D eigenvalue weighted by molar-refractivity contribution is 6.51. The van der Waals surface area contributed by atoms with Crippen LogP contribution in [0.5, 0.6) is 5.75 Å². The number of carbonyl (C=O) groups is 2. The SMILES string of the molecule is COc1cccc(C2/C(=C(\O)c3ccccc3)C(=O)C(=O)N2c2cccc(C)c2C)c1. The van der Waals surface area contributed by atoms with E-state index < -0.39 is 17.7 Å². The topological polar surface area (TPSA) is 66.8 Å². The van der Waals surface area contributed by atoms with Gasteiger partial charge >= 0.3 is 0 Å². The van der Waals surface area contributed by atoms with E-state index in [0.29, 0.717) is 22.6 Å². The maximum Gasteiger partial charge on any atom is 0.300 e. The number of Topliss-reactive ketones (excluding diaryl/α,β-unsaturated/α-hetero) is 1. The zero-order chi connectivity index (χ0) is 22.1. The summed E-state index contributed by atoms with van der Waals surface area (Å²) >= 11 is 0. The van der Waals surface area contributed by atoms with Crippen LogP contribution in [0.3, 0.4) is 0 Å². The Morgan fingerprint density at radius 3 is 2.35 bits per heavy atom. The quantitative estimate of drug-likeness (QED) is 0.374. The van der Waals surface area contributed by atoms with Gasteiger partial charge in [-0.3, -0.25) is 14.5 Å². The lowest BCUT2D eigenvalue weighted by atomic mass is 9.94. The van der Waals surface area contributed by atoms with Crippen LogP contribution in [0.2, 0.25) is 0 Å². The molecule has 5 nitrogen and oxygen atoms in total. The minimum absolute atomic E-state index is 0.0605. The summed E-state index contributed by atoms with van der Waals surface area (Å²) in [6.07, 6.45) is 0. The zero-order valence-electron chi connectivity index (χ0n) is 17.6. The number of aryl methyl sites for hydroxylation is 1. The molecule has 1 unspecified atom stereocenters. The lowest BCUT2D eigenvalue weighted by Gasteiger charge is -2.27. The van der Waals surface area contributed by atoms with Crippen molar-refractivity contribution in [1.82, 2.24) is 0 Å². The molecule has 1 heterocycles. The Hall–Kier alpha value is -3.86. The first kappa shape index (κ1) is 20.4. The fourth-order valence-corrected chi connectivity index (χ4v) is 3.96. The fourth-order valence-electron chi connectivity index (χ4n) is 3.96. The maximum absolute atomic E-state index is 13.3. The number of amides is 1. The smallest absolute Gasteiger partial charge is 0.300 e. The normalized spacial score (nSPS) is 17.8. The molecule has 1 N–H and O–H groups in total. The number of rotatable bonds is 4. The number of aliphatic hydroxyl groups excluding tert-OH is 1. The number of ketones is 1. The second kappa shape index (κ2) is 8.11. The number of benzene rings is 3. The first-order valence-corrected chi connectivity index (χ1v) is 10.0. The molecule has 0 radical (unpaired) electrons. The van der Waals surface area contributed by atoms with Crippen LogP contribution in [-0.2, 0) is 9.59 Å². The van der Waals surface area contributed by atoms with Gasteiger partial charge in [0.05, 0.1) is 18.7 Å². The average Bonchev–Trinajstić information content (AvgIpc) is 3.06. The number of hydrogen-bond acceptors (Lipinski definition) is 4. The lowest BCUT2D eigenvalue weighted by Crippen LogP contribution is -2.30. The van der Waals surface area contributed by atoms with E-state index in [-0.39, 0.29) is 11.3 Å². The van der Waals surface area contributed by atoms with Gasteiger partial charge in [0.1, 0.15) is 11.5 Å². The van der Waals surface area contributed by atoms with Crippen molar-refractivity contribution in [2.45, 2.75) is 19.9 Å². The van der Waals surface area contributed by atoms with Gasteiger partial charge in [-0.15, -0.1) is 0 Å². The summed E-state index contributed by atoms with van der Waals surface area (Å²) in [5.41, 5.74) is 3.77. The second-order valence-corrected chi connectivity index (χ2v) is 7.53. The molecule has 0 bridgehead atoms. The molecule has 4 rings (SSSR count). The Bertz CT molecular complexity index is 1200. The van der Waals surface area contributed by atoms with E-state index in [1.807, 2.05) is 44.2 Å². The summed E-state index contributed by atoms with van der Waals surface area (Å²) in [6.45, 7) is 3.88. The van der Waals surface area contributed by atoms with E-state index in [1.54, 1.807) is 49.6 Å². The Labute approximate surface area is 181 Å². The van der Waals surface area contributed by atoms with Crippen LogP contribution >= 0.6 is 0 Å². The van der Waals surface area contributed by atoms with Crippen LogP contribution in [-0.4, -0.2) is 23.9 Å². The molecule has 1 saturated heterocycles. The molecule has 3 aromatic rings. The zero-order valence-corrected chi connectivity index (χ0v) is 17.6. The first-order valence-electron chi connectivity index (χ1n) is 10.0. The molecular weight excluding hydrogens is 390 g/mol. The fraction of sp³-hybridized carbons (Fsp3) is 0.154. The number of nitrogens with zero attached hydrogens (tertiary/aromatic N) is 1. The molecule has 156 valence electrons. The van der Waals surface area contributed by atoms with Crippen molar-refractivity contribution in [3.05, 3.63) is 101 Å². The molecule has 5 heteroatoms. The van der Waals surface area contributed by atoms with Gasteiger partial charge < -0.3 is 9.84 Å². The summed E-state index contributed by atoms with van der Waals surface area (Å²) in [5.74, 6) is -0.975. The molecular formula is C26H23NO4. The molecule has 31 heavy (non-hydrogen) atoms. The van der Waals surface area contributed by atoms with Gasteiger partial charge in [-0.2, -0.15) is 0 Å². The van der Waals surface area contributed by atoms with E-state index in [2.05, 4.69) is 0 Å². The van der Waals surface area contributed by atoms with Gasteiger partial charge in [0, 0.05) is 11.3 Å². The van der Waals surface area contributed by atoms with Crippen LogP contribution in [0.4, 0.5) is 5.69 Å². The minimum atomic E-state index is -0.782. The van der Waals surface area contributed by atoms with E-state index in [4.69, 9.17) is 4.74 Å². The van der Waals surface area contributed by atoms with Crippen LogP contribution in [0.15, 0.2) is 78.4 Å². The third-order valence-electron chi connectivity index (χ3n) is 5.74. The van der Waals surface area contributed by atoms with E-state index in [0.717, 1.165) is 11.1 Å². The van der Waals surface area contributed by atoms with Gasteiger partial charge in [0.25, 0.3) is 11.7 Å². The largest absolute Gasteiger partial charge is 0.507 e. The van der Waals surface area contributed by atoms with E-state index in [9.17, 15) is 14.7 Å². The van der Waals surface area contributed by atoms with Crippen molar-refractivity contribution >= 4 is 23.1 Å². The standard InChI is InChI=1S/C26H23NO4/c1-16-9-7-14-21(17(16)2)27-23(19-12-8-13-20(15-19)31-3)22(25(29)26(27)30)24(28)18-10-5-4-6-11-18/h4-15,23,28H,1-3H3/b24-22+.